The smallest absolute Gasteiger partial charge is 0.225 e. The summed E-state index contributed by atoms with van der Waals surface area (Å²) in [6.07, 6.45) is 9.79. The molecule has 5 rings (SSSR count). The number of fused-ring (bicyclic) bond motifs is 1. The van der Waals surface area contributed by atoms with Crippen molar-refractivity contribution in [1.82, 2.24) is 19.9 Å². The van der Waals surface area contributed by atoms with Gasteiger partial charge in [-0.15, -0.1) is 11.3 Å². The van der Waals surface area contributed by atoms with Crippen molar-refractivity contribution in [3.8, 4) is 11.3 Å². The van der Waals surface area contributed by atoms with Gasteiger partial charge in [-0.3, -0.25) is 4.98 Å². The van der Waals surface area contributed by atoms with Gasteiger partial charge in [0.05, 0.1) is 20.9 Å². The van der Waals surface area contributed by atoms with E-state index in [0.29, 0.717) is 12.0 Å². The van der Waals surface area contributed by atoms with E-state index >= 15 is 0 Å². The zero-order valence-electron chi connectivity index (χ0n) is 16.9. The van der Waals surface area contributed by atoms with Crippen molar-refractivity contribution >= 4 is 39.0 Å². The van der Waals surface area contributed by atoms with E-state index in [0.717, 1.165) is 33.3 Å². The molecule has 3 heterocycles. The van der Waals surface area contributed by atoms with Crippen molar-refractivity contribution in [3.05, 3.63) is 53.8 Å². The van der Waals surface area contributed by atoms with Crippen molar-refractivity contribution < 1.29 is 0 Å². The first-order valence-corrected chi connectivity index (χ1v) is 11.2. The number of hydrogen-bond acceptors (Lipinski definition) is 7. The van der Waals surface area contributed by atoms with Gasteiger partial charge < -0.3 is 10.6 Å². The summed E-state index contributed by atoms with van der Waals surface area (Å²) in [5.74, 6) is 1.42. The Morgan fingerprint density at radius 2 is 1.90 bits per heavy atom. The van der Waals surface area contributed by atoms with Crippen LogP contribution < -0.4 is 10.6 Å². The van der Waals surface area contributed by atoms with E-state index in [2.05, 4.69) is 38.8 Å². The minimum atomic E-state index is 0.435. The average molecular weight is 417 g/mol. The fraction of sp³-hybridized carbons (Fsp3) is 0.304. The molecule has 2 N–H and O–H groups in total. The summed E-state index contributed by atoms with van der Waals surface area (Å²) in [5, 5.41) is 8.07. The third-order valence-corrected chi connectivity index (χ3v) is 6.34. The molecule has 0 bridgehead atoms. The lowest BCUT2D eigenvalue weighted by Gasteiger charge is -2.23. The molecule has 4 aromatic rings. The summed E-state index contributed by atoms with van der Waals surface area (Å²) >= 11 is 1.71. The van der Waals surface area contributed by atoms with Gasteiger partial charge in [0, 0.05) is 35.8 Å². The number of aromatic nitrogens is 4. The van der Waals surface area contributed by atoms with E-state index in [4.69, 9.17) is 9.97 Å². The Morgan fingerprint density at radius 1 is 1.00 bits per heavy atom. The number of rotatable bonds is 5. The predicted molar refractivity (Wildman–Crippen MR) is 123 cm³/mol. The van der Waals surface area contributed by atoms with Gasteiger partial charge in [0.15, 0.2) is 0 Å². The Morgan fingerprint density at radius 3 is 2.73 bits per heavy atom. The Bertz CT molecular complexity index is 1150. The number of hydrogen-bond donors (Lipinski definition) is 2. The van der Waals surface area contributed by atoms with Crippen LogP contribution in [0.2, 0.25) is 0 Å². The highest BCUT2D eigenvalue weighted by molar-refractivity contribution is 7.18. The van der Waals surface area contributed by atoms with Crippen LogP contribution >= 0.6 is 11.3 Å². The van der Waals surface area contributed by atoms with E-state index in [1.807, 2.05) is 31.3 Å². The van der Waals surface area contributed by atoms with E-state index in [1.165, 1.54) is 36.8 Å². The van der Waals surface area contributed by atoms with Crippen molar-refractivity contribution in [2.75, 3.05) is 10.6 Å². The molecular weight excluding hydrogens is 392 g/mol. The van der Waals surface area contributed by atoms with Crippen molar-refractivity contribution in [2.45, 2.75) is 45.1 Å². The third-order valence-electron chi connectivity index (χ3n) is 5.39. The maximum absolute atomic E-state index is 4.78. The first kappa shape index (κ1) is 18.9. The van der Waals surface area contributed by atoms with Gasteiger partial charge in [0.2, 0.25) is 5.95 Å². The van der Waals surface area contributed by atoms with Crippen LogP contribution in [-0.4, -0.2) is 26.0 Å². The lowest BCUT2D eigenvalue weighted by Crippen LogP contribution is -2.23. The number of aryl methyl sites for hydroxylation is 1. The molecule has 7 heteroatoms. The van der Waals surface area contributed by atoms with Crippen LogP contribution in [0.1, 0.15) is 37.1 Å². The number of pyridine rings is 1. The number of benzene rings is 1. The van der Waals surface area contributed by atoms with Crippen LogP contribution in [0, 0.1) is 6.92 Å². The normalized spacial score (nSPS) is 14.7. The monoisotopic (exact) mass is 416 g/mol. The van der Waals surface area contributed by atoms with Gasteiger partial charge >= 0.3 is 0 Å². The molecule has 0 unspecified atom stereocenters. The second-order valence-corrected chi connectivity index (χ2v) is 8.96. The second-order valence-electron chi connectivity index (χ2n) is 7.72. The summed E-state index contributed by atoms with van der Waals surface area (Å²) in [5.41, 5.74) is 3.79. The van der Waals surface area contributed by atoms with Gasteiger partial charge in [0.25, 0.3) is 0 Å². The van der Waals surface area contributed by atoms with Gasteiger partial charge in [-0.05, 0) is 50.1 Å². The lowest BCUT2D eigenvalue weighted by atomic mass is 9.96. The van der Waals surface area contributed by atoms with Gasteiger partial charge in [-0.1, -0.05) is 19.3 Å². The molecule has 1 aliphatic rings. The molecule has 1 fully saturated rings. The summed E-state index contributed by atoms with van der Waals surface area (Å²) in [7, 11) is 0. The van der Waals surface area contributed by atoms with Crippen LogP contribution in [-0.2, 0) is 0 Å². The van der Waals surface area contributed by atoms with Crippen molar-refractivity contribution in [1.29, 1.82) is 0 Å². The van der Waals surface area contributed by atoms with Gasteiger partial charge in [-0.25, -0.2) is 9.97 Å². The zero-order valence-corrected chi connectivity index (χ0v) is 17.7. The molecule has 0 spiro atoms. The summed E-state index contributed by atoms with van der Waals surface area (Å²) in [6.45, 7) is 2.03. The van der Waals surface area contributed by atoms with Crippen LogP contribution in [0.25, 0.3) is 21.5 Å². The lowest BCUT2D eigenvalue weighted by molar-refractivity contribution is 0.461. The van der Waals surface area contributed by atoms with Gasteiger partial charge in [-0.2, -0.15) is 4.98 Å². The highest BCUT2D eigenvalue weighted by Crippen LogP contribution is 2.28. The first-order valence-electron chi connectivity index (χ1n) is 10.4. The Labute approximate surface area is 179 Å². The molecule has 0 radical (unpaired) electrons. The molecule has 30 heavy (non-hydrogen) atoms. The van der Waals surface area contributed by atoms with Crippen molar-refractivity contribution in [3.63, 3.8) is 0 Å². The minimum absolute atomic E-state index is 0.435. The largest absolute Gasteiger partial charge is 0.351 e. The van der Waals surface area contributed by atoms with E-state index in [1.54, 1.807) is 17.5 Å². The molecular formula is C23H24N6S. The molecule has 3 aromatic heterocycles. The van der Waals surface area contributed by atoms with E-state index < -0.39 is 0 Å². The third kappa shape index (κ3) is 4.26. The standard InChI is InChI=1S/C23H24N6S/c1-15-25-20-12-18(9-10-21(20)30-15)26-22-13-19(16-6-5-11-24-14-16)28-23(29-22)27-17-7-3-2-4-8-17/h5-6,9-14,17H,2-4,7-8H2,1H3,(H2,26,27,28,29). The highest BCUT2D eigenvalue weighted by atomic mass is 32.1. The molecule has 0 aliphatic heterocycles. The molecule has 6 nitrogen and oxygen atoms in total. The summed E-state index contributed by atoms with van der Waals surface area (Å²) < 4.78 is 1.19. The maximum atomic E-state index is 4.78. The minimum Gasteiger partial charge on any atom is -0.351 e. The number of thiazole rings is 1. The predicted octanol–water partition coefficient (Wildman–Crippen LogP) is 5.94. The summed E-state index contributed by atoms with van der Waals surface area (Å²) in [6, 6.07) is 12.6. The quantitative estimate of drug-likeness (QED) is 0.419. The molecule has 152 valence electrons. The fourth-order valence-electron chi connectivity index (χ4n) is 3.94. The van der Waals surface area contributed by atoms with E-state index in [-0.39, 0.29) is 0 Å². The Hall–Kier alpha value is -3.06. The first-order chi connectivity index (χ1) is 14.7. The molecule has 0 saturated heterocycles. The van der Waals surface area contributed by atoms with Gasteiger partial charge in [0.1, 0.15) is 5.82 Å². The van der Waals surface area contributed by atoms with Crippen LogP contribution in [0.4, 0.5) is 17.5 Å². The number of nitrogens with zero attached hydrogens (tertiary/aromatic N) is 4. The van der Waals surface area contributed by atoms with Crippen LogP contribution in [0.5, 0.6) is 0 Å². The van der Waals surface area contributed by atoms with E-state index in [9.17, 15) is 0 Å². The van der Waals surface area contributed by atoms with Crippen molar-refractivity contribution in [2.24, 2.45) is 0 Å². The van der Waals surface area contributed by atoms with Crippen LogP contribution in [0.15, 0.2) is 48.8 Å². The fourth-order valence-corrected chi connectivity index (χ4v) is 4.74. The molecule has 1 aliphatic carbocycles. The topological polar surface area (TPSA) is 75.6 Å². The maximum Gasteiger partial charge on any atom is 0.225 e. The molecule has 1 aromatic carbocycles. The number of anilines is 3. The summed E-state index contributed by atoms with van der Waals surface area (Å²) in [4.78, 5) is 18.4. The SMILES string of the molecule is Cc1nc2cc(Nc3cc(-c4cccnc4)nc(NC4CCCCC4)n3)ccc2s1. The molecule has 0 amide bonds. The Kier molecular flexibility index (Phi) is 5.27. The molecule has 1 saturated carbocycles. The molecule has 0 atom stereocenters. The Balaban J connectivity index is 1.47. The zero-order chi connectivity index (χ0) is 20.3. The average Bonchev–Trinajstić information content (AvgIpc) is 3.14. The second kappa shape index (κ2) is 8.36. The van der Waals surface area contributed by atoms with Crippen LogP contribution in [0.3, 0.4) is 0 Å². The highest BCUT2D eigenvalue weighted by Gasteiger charge is 2.16. The number of nitrogens with one attached hydrogen (secondary N) is 2.